The molecular formula is C11H12F4N2S3. The number of alkyl halides is 4. The van der Waals surface area contributed by atoms with Crippen LogP contribution in [-0.4, -0.2) is 46.4 Å². The van der Waals surface area contributed by atoms with E-state index in [4.69, 9.17) is 0 Å². The molecule has 1 aromatic rings. The maximum Gasteiger partial charge on any atom is 0.175 e. The lowest BCUT2D eigenvalue weighted by atomic mass is 9.83. The monoisotopic (exact) mass is 344 g/mol. The van der Waals surface area contributed by atoms with Crippen LogP contribution >= 0.6 is 34.9 Å². The van der Waals surface area contributed by atoms with Gasteiger partial charge in [0.2, 0.25) is 0 Å². The normalized spacial score (nSPS) is 37.9. The third kappa shape index (κ3) is 2.99. The van der Waals surface area contributed by atoms with Gasteiger partial charge in [0.05, 0.1) is 5.25 Å². The lowest BCUT2D eigenvalue weighted by Crippen LogP contribution is -2.53. The highest BCUT2D eigenvalue weighted by Crippen LogP contribution is 2.43. The van der Waals surface area contributed by atoms with Gasteiger partial charge in [0, 0.05) is 5.92 Å². The number of hydrogen-bond acceptors (Lipinski definition) is 5. The van der Waals surface area contributed by atoms with E-state index in [-0.39, 0.29) is 0 Å². The van der Waals surface area contributed by atoms with Gasteiger partial charge in [-0.25, -0.2) is 17.6 Å². The molecule has 20 heavy (non-hydrogen) atoms. The summed E-state index contributed by atoms with van der Waals surface area (Å²) in [5.74, 6) is -1.45. The number of rotatable bonds is 4. The van der Waals surface area contributed by atoms with Gasteiger partial charge in [-0.1, -0.05) is 40.9 Å². The highest BCUT2D eigenvalue weighted by Gasteiger charge is 2.52. The molecule has 9 heteroatoms. The first kappa shape index (κ1) is 16.1. The van der Waals surface area contributed by atoms with Gasteiger partial charge in [-0.3, -0.25) is 0 Å². The molecule has 0 bridgehead atoms. The van der Waals surface area contributed by atoms with Crippen LogP contribution < -0.4 is 0 Å². The molecule has 2 rings (SSSR count). The van der Waals surface area contributed by atoms with Gasteiger partial charge < -0.3 is 0 Å². The number of allylic oxidation sites excluding steroid dienone is 1. The standard InChI is InChI=1S/C11H12F4N2S3/c1-3-4-5(12)7(14)9(8(15)6(4)13)19-11-17-16-10(18-2)20-11/h3-9H,1H2,2H3. The van der Waals surface area contributed by atoms with E-state index in [1.807, 2.05) is 0 Å². The van der Waals surface area contributed by atoms with Crippen LogP contribution in [0, 0.1) is 5.92 Å². The average Bonchev–Trinajstić information content (AvgIpc) is 2.90. The minimum Gasteiger partial charge on any atom is -0.243 e. The van der Waals surface area contributed by atoms with Crippen molar-refractivity contribution in [2.45, 2.75) is 38.6 Å². The molecule has 1 heterocycles. The third-order valence-electron chi connectivity index (χ3n) is 3.04. The van der Waals surface area contributed by atoms with E-state index in [1.165, 1.54) is 11.8 Å². The summed E-state index contributed by atoms with van der Waals surface area (Å²) < 4.78 is 56.5. The maximum atomic E-state index is 14.0. The molecule has 1 saturated carbocycles. The van der Waals surface area contributed by atoms with Gasteiger partial charge in [0.15, 0.2) is 8.68 Å². The van der Waals surface area contributed by atoms with Crippen molar-refractivity contribution in [2.75, 3.05) is 6.26 Å². The summed E-state index contributed by atoms with van der Waals surface area (Å²) in [6.45, 7) is 3.23. The zero-order valence-electron chi connectivity index (χ0n) is 10.4. The molecule has 4 unspecified atom stereocenters. The van der Waals surface area contributed by atoms with Crippen molar-refractivity contribution in [3.63, 3.8) is 0 Å². The van der Waals surface area contributed by atoms with Crippen molar-refractivity contribution >= 4 is 34.9 Å². The second kappa shape index (κ2) is 6.65. The Morgan fingerprint density at radius 2 is 1.60 bits per heavy atom. The smallest absolute Gasteiger partial charge is 0.175 e. The molecule has 1 aromatic heterocycles. The molecule has 0 N–H and O–H groups in total. The van der Waals surface area contributed by atoms with E-state index in [0.29, 0.717) is 20.4 Å². The Morgan fingerprint density at radius 1 is 1.05 bits per heavy atom. The second-order valence-electron chi connectivity index (χ2n) is 4.21. The van der Waals surface area contributed by atoms with Gasteiger partial charge >= 0.3 is 0 Å². The molecule has 0 amide bonds. The zero-order valence-corrected chi connectivity index (χ0v) is 12.8. The molecular weight excluding hydrogens is 332 g/mol. The van der Waals surface area contributed by atoms with Crippen molar-refractivity contribution in [2.24, 2.45) is 5.92 Å². The molecule has 0 aliphatic heterocycles. The molecule has 0 aromatic carbocycles. The van der Waals surface area contributed by atoms with E-state index >= 15 is 0 Å². The van der Waals surface area contributed by atoms with E-state index in [9.17, 15) is 17.6 Å². The highest BCUT2D eigenvalue weighted by atomic mass is 32.2. The second-order valence-corrected chi connectivity index (χ2v) is 7.67. The van der Waals surface area contributed by atoms with Crippen molar-refractivity contribution in [3.8, 4) is 0 Å². The van der Waals surface area contributed by atoms with Crippen LogP contribution in [0.5, 0.6) is 0 Å². The van der Waals surface area contributed by atoms with Crippen molar-refractivity contribution in [1.29, 1.82) is 0 Å². The quantitative estimate of drug-likeness (QED) is 0.470. The first-order valence-electron chi connectivity index (χ1n) is 5.72. The topological polar surface area (TPSA) is 25.8 Å². The third-order valence-corrected chi connectivity index (χ3v) is 6.35. The average molecular weight is 344 g/mol. The van der Waals surface area contributed by atoms with E-state index < -0.39 is 35.9 Å². The van der Waals surface area contributed by atoms with Gasteiger partial charge in [-0.2, -0.15) is 0 Å². The van der Waals surface area contributed by atoms with Gasteiger partial charge in [-0.15, -0.1) is 16.8 Å². The summed E-state index contributed by atoms with van der Waals surface area (Å²) in [6.07, 6.45) is -5.68. The lowest BCUT2D eigenvalue weighted by molar-refractivity contribution is -0.0120. The maximum absolute atomic E-state index is 14.0. The summed E-state index contributed by atoms with van der Waals surface area (Å²) in [7, 11) is 0. The van der Waals surface area contributed by atoms with Crippen LogP contribution in [0.3, 0.4) is 0 Å². The molecule has 0 saturated heterocycles. The minimum absolute atomic E-state index is 0.307. The van der Waals surface area contributed by atoms with Crippen LogP contribution in [0.4, 0.5) is 17.6 Å². The summed E-state index contributed by atoms with van der Waals surface area (Å²) >= 11 is 3.19. The number of thioether (sulfide) groups is 2. The molecule has 0 radical (unpaired) electrons. The molecule has 2 nitrogen and oxygen atoms in total. The summed E-state index contributed by atoms with van der Waals surface area (Å²) in [5.41, 5.74) is 0. The fourth-order valence-electron chi connectivity index (χ4n) is 1.97. The Balaban J connectivity index is 2.15. The number of nitrogens with zero attached hydrogens (tertiary/aromatic N) is 2. The summed E-state index contributed by atoms with van der Waals surface area (Å²) in [5, 5.41) is 6.07. The van der Waals surface area contributed by atoms with Gasteiger partial charge in [-0.05, 0) is 6.26 Å². The van der Waals surface area contributed by atoms with Crippen molar-refractivity contribution < 1.29 is 17.6 Å². The predicted molar refractivity (Wildman–Crippen MR) is 74.6 cm³/mol. The van der Waals surface area contributed by atoms with Gasteiger partial charge in [0.25, 0.3) is 0 Å². The van der Waals surface area contributed by atoms with Crippen LogP contribution in [0.15, 0.2) is 21.3 Å². The van der Waals surface area contributed by atoms with Crippen LogP contribution in [0.2, 0.25) is 0 Å². The van der Waals surface area contributed by atoms with Crippen LogP contribution in [0.25, 0.3) is 0 Å². The zero-order chi connectivity index (χ0) is 14.9. The molecule has 112 valence electrons. The molecule has 1 fully saturated rings. The molecule has 0 spiro atoms. The fourth-order valence-corrected chi connectivity index (χ4v) is 4.78. The minimum atomic E-state index is -2.10. The van der Waals surface area contributed by atoms with E-state index in [2.05, 4.69) is 16.8 Å². The SMILES string of the molecule is C=CC1C(F)C(F)C(Sc2nnc(SC)s2)C(F)C1F. The predicted octanol–water partition coefficient (Wildman–Crippen LogP) is 3.89. The first-order valence-corrected chi connectivity index (χ1v) is 8.64. The highest BCUT2D eigenvalue weighted by molar-refractivity contribution is 8.03. The summed E-state index contributed by atoms with van der Waals surface area (Å²) in [6, 6.07) is 0. The largest absolute Gasteiger partial charge is 0.243 e. The Labute approximate surface area is 126 Å². The van der Waals surface area contributed by atoms with Crippen LogP contribution in [-0.2, 0) is 0 Å². The Morgan fingerprint density at radius 3 is 2.05 bits per heavy atom. The molecule has 1 aliphatic rings. The van der Waals surface area contributed by atoms with Crippen molar-refractivity contribution in [1.82, 2.24) is 10.2 Å². The fraction of sp³-hybridized carbons (Fsp3) is 0.636. The van der Waals surface area contributed by atoms with E-state index in [1.54, 1.807) is 6.26 Å². The van der Waals surface area contributed by atoms with E-state index in [0.717, 1.165) is 17.4 Å². The van der Waals surface area contributed by atoms with Crippen LogP contribution in [0.1, 0.15) is 0 Å². The first-order chi connectivity index (χ1) is 9.49. The van der Waals surface area contributed by atoms with Crippen molar-refractivity contribution in [3.05, 3.63) is 12.7 Å². The summed E-state index contributed by atoms with van der Waals surface area (Å²) in [4.78, 5) is 0. The molecule has 4 atom stereocenters. The Kier molecular flexibility index (Phi) is 5.36. The number of aromatic nitrogens is 2. The number of halogens is 4. The number of hydrogen-bond donors (Lipinski definition) is 0. The Hall–Kier alpha value is -0.280. The molecule has 1 aliphatic carbocycles. The lowest BCUT2D eigenvalue weighted by Gasteiger charge is -2.37. The Bertz CT molecular complexity index is 456. The van der Waals surface area contributed by atoms with Gasteiger partial charge in [0.1, 0.15) is 24.7 Å².